The third-order valence-corrected chi connectivity index (χ3v) is 5.34. The lowest BCUT2D eigenvalue weighted by atomic mass is 10.0. The van der Waals surface area contributed by atoms with Crippen LogP contribution in [-0.4, -0.2) is 84.3 Å². The minimum absolute atomic E-state index is 0. The van der Waals surface area contributed by atoms with Crippen molar-refractivity contribution >= 4 is 30.1 Å². The first-order valence-electron chi connectivity index (χ1n) is 9.17. The van der Waals surface area contributed by atoms with Crippen molar-refractivity contribution in [1.82, 2.24) is 20.0 Å². The SMILES string of the molecule is CCN1CCN(CC(=O)N2CCC(NCC3CC3)CC2)C(=O)C1=O.Cl. The molecule has 3 fully saturated rings. The summed E-state index contributed by atoms with van der Waals surface area (Å²) in [5.74, 6) is -0.200. The zero-order valence-corrected chi connectivity index (χ0v) is 15.7. The van der Waals surface area contributed by atoms with Gasteiger partial charge in [-0.15, -0.1) is 12.4 Å². The highest BCUT2D eigenvalue weighted by molar-refractivity contribution is 6.35. The second-order valence-electron chi connectivity index (χ2n) is 7.12. The van der Waals surface area contributed by atoms with Crippen LogP contribution >= 0.6 is 12.4 Å². The van der Waals surface area contributed by atoms with E-state index >= 15 is 0 Å². The zero-order valence-electron chi connectivity index (χ0n) is 14.9. The molecular formula is C17H29ClN4O3. The van der Waals surface area contributed by atoms with Crippen molar-refractivity contribution in [2.24, 2.45) is 5.92 Å². The van der Waals surface area contributed by atoms with Crippen LogP contribution in [0.15, 0.2) is 0 Å². The van der Waals surface area contributed by atoms with Crippen LogP contribution in [0.25, 0.3) is 0 Å². The Morgan fingerprint density at radius 1 is 1.00 bits per heavy atom. The van der Waals surface area contributed by atoms with E-state index in [1.54, 1.807) is 0 Å². The molecule has 0 aromatic rings. The number of hydrogen-bond acceptors (Lipinski definition) is 4. The maximum Gasteiger partial charge on any atom is 0.312 e. The van der Waals surface area contributed by atoms with Gasteiger partial charge in [-0.2, -0.15) is 0 Å². The Bertz CT molecular complexity index is 504. The fraction of sp³-hybridized carbons (Fsp3) is 0.824. The molecule has 0 bridgehead atoms. The third kappa shape index (κ3) is 5.07. The monoisotopic (exact) mass is 372 g/mol. The number of likely N-dealkylation sites (N-methyl/N-ethyl adjacent to an activating group) is 1. The van der Waals surface area contributed by atoms with Crippen molar-refractivity contribution in [2.45, 2.75) is 38.6 Å². The molecule has 1 N–H and O–H groups in total. The molecule has 1 aliphatic carbocycles. The number of halogens is 1. The molecule has 25 heavy (non-hydrogen) atoms. The number of carbonyl (C=O) groups is 3. The van der Waals surface area contributed by atoms with Gasteiger partial charge in [-0.3, -0.25) is 14.4 Å². The van der Waals surface area contributed by atoms with Gasteiger partial charge in [0.1, 0.15) is 6.54 Å². The molecule has 1 saturated carbocycles. The van der Waals surface area contributed by atoms with Gasteiger partial charge in [0.15, 0.2) is 0 Å². The summed E-state index contributed by atoms with van der Waals surface area (Å²) < 4.78 is 0. The van der Waals surface area contributed by atoms with Gasteiger partial charge in [-0.1, -0.05) is 0 Å². The number of amides is 3. The number of piperazine rings is 1. The molecule has 2 saturated heterocycles. The van der Waals surface area contributed by atoms with Gasteiger partial charge in [0.25, 0.3) is 0 Å². The minimum Gasteiger partial charge on any atom is -0.341 e. The summed E-state index contributed by atoms with van der Waals surface area (Å²) in [6, 6.07) is 0.506. The average molecular weight is 373 g/mol. The first kappa shape index (κ1) is 20.0. The number of likely N-dealkylation sites (tertiary alicyclic amines) is 1. The molecular weight excluding hydrogens is 344 g/mol. The maximum absolute atomic E-state index is 12.4. The van der Waals surface area contributed by atoms with Gasteiger partial charge in [-0.05, 0) is 45.1 Å². The number of piperidine rings is 1. The Labute approximate surface area is 155 Å². The Balaban J connectivity index is 0.00000225. The highest BCUT2D eigenvalue weighted by Gasteiger charge is 2.34. The Morgan fingerprint density at radius 3 is 2.20 bits per heavy atom. The average Bonchev–Trinajstić information content (AvgIpc) is 3.42. The second kappa shape index (κ2) is 8.85. The Kier molecular flexibility index (Phi) is 7.07. The fourth-order valence-electron chi connectivity index (χ4n) is 3.42. The van der Waals surface area contributed by atoms with Gasteiger partial charge < -0.3 is 20.0 Å². The number of rotatable bonds is 6. The van der Waals surface area contributed by atoms with Gasteiger partial charge >= 0.3 is 11.8 Å². The van der Waals surface area contributed by atoms with Crippen LogP contribution in [0.2, 0.25) is 0 Å². The molecule has 2 aliphatic heterocycles. The largest absolute Gasteiger partial charge is 0.341 e. The van der Waals surface area contributed by atoms with Crippen molar-refractivity contribution in [2.75, 3.05) is 45.8 Å². The van der Waals surface area contributed by atoms with Crippen molar-refractivity contribution in [3.05, 3.63) is 0 Å². The molecule has 0 atom stereocenters. The molecule has 0 unspecified atom stereocenters. The quantitative estimate of drug-likeness (QED) is 0.671. The molecule has 0 aromatic carbocycles. The summed E-state index contributed by atoms with van der Waals surface area (Å²) in [5.41, 5.74) is 0. The molecule has 3 amide bonds. The van der Waals surface area contributed by atoms with E-state index in [4.69, 9.17) is 0 Å². The van der Waals surface area contributed by atoms with Crippen LogP contribution in [0, 0.1) is 5.92 Å². The minimum atomic E-state index is -0.544. The van der Waals surface area contributed by atoms with Crippen LogP contribution in [0.1, 0.15) is 32.6 Å². The molecule has 7 nitrogen and oxygen atoms in total. The number of carbonyl (C=O) groups excluding carboxylic acids is 3. The molecule has 3 rings (SSSR count). The topological polar surface area (TPSA) is 73.0 Å². The fourth-order valence-corrected chi connectivity index (χ4v) is 3.42. The molecule has 0 aromatic heterocycles. The highest BCUT2D eigenvalue weighted by atomic mass is 35.5. The second-order valence-corrected chi connectivity index (χ2v) is 7.12. The van der Waals surface area contributed by atoms with Crippen molar-refractivity contribution in [3.63, 3.8) is 0 Å². The van der Waals surface area contributed by atoms with Gasteiger partial charge in [-0.25, -0.2) is 0 Å². The Hall–Kier alpha value is -1.34. The zero-order chi connectivity index (χ0) is 17.1. The van der Waals surface area contributed by atoms with Crippen LogP contribution in [0.3, 0.4) is 0 Å². The molecule has 2 heterocycles. The van der Waals surface area contributed by atoms with Crippen LogP contribution in [0.5, 0.6) is 0 Å². The molecule has 142 valence electrons. The molecule has 8 heteroatoms. The third-order valence-electron chi connectivity index (χ3n) is 5.34. The van der Waals surface area contributed by atoms with E-state index in [0.717, 1.165) is 38.4 Å². The van der Waals surface area contributed by atoms with E-state index in [0.29, 0.717) is 25.7 Å². The van der Waals surface area contributed by atoms with Gasteiger partial charge in [0.2, 0.25) is 5.91 Å². The van der Waals surface area contributed by atoms with Crippen LogP contribution < -0.4 is 5.32 Å². The summed E-state index contributed by atoms with van der Waals surface area (Å²) in [6.45, 7) is 5.96. The van der Waals surface area contributed by atoms with Crippen molar-refractivity contribution < 1.29 is 14.4 Å². The summed E-state index contributed by atoms with van der Waals surface area (Å²) in [7, 11) is 0. The van der Waals surface area contributed by atoms with Crippen molar-refractivity contribution in [1.29, 1.82) is 0 Å². The smallest absolute Gasteiger partial charge is 0.312 e. The van der Waals surface area contributed by atoms with E-state index in [-0.39, 0.29) is 24.9 Å². The number of nitrogens with one attached hydrogen (secondary N) is 1. The lowest BCUT2D eigenvalue weighted by molar-refractivity contribution is -0.157. The van der Waals surface area contributed by atoms with Gasteiger partial charge in [0, 0.05) is 38.8 Å². The van der Waals surface area contributed by atoms with E-state index in [1.165, 1.54) is 22.6 Å². The summed E-state index contributed by atoms with van der Waals surface area (Å²) in [5, 5.41) is 3.60. The van der Waals surface area contributed by atoms with E-state index in [2.05, 4.69) is 5.32 Å². The number of hydrogen-bond donors (Lipinski definition) is 1. The van der Waals surface area contributed by atoms with Gasteiger partial charge in [0.05, 0.1) is 0 Å². The number of nitrogens with zero attached hydrogens (tertiary/aromatic N) is 3. The standard InChI is InChI=1S/C17H28N4O3.ClH/c1-2-19-9-10-21(17(24)16(19)23)12-15(22)20-7-5-14(6-8-20)18-11-13-3-4-13;/h13-14,18H,2-12H2,1H3;1H. The Morgan fingerprint density at radius 2 is 1.60 bits per heavy atom. The van der Waals surface area contributed by atoms with E-state index in [1.807, 2.05) is 11.8 Å². The first-order chi connectivity index (χ1) is 11.6. The lowest BCUT2D eigenvalue weighted by Crippen LogP contribution is -2.57. The highest BCUT2D eigenvalue weighted by Crippen LogP contribution is 2.28. The first-order valence-corrected chi connectivity index (χ1v) is 9.17. The van der Waals surface area contributed by atoms with Crippen LogP contribution in [0.4, 0.5) is 0 Å². The summed E-state index contributed by atoms with van der Waals surface area (Å²) in [6.07, 6.45) is 4.63. The lowest BCUT2D eigenvalue weighted by Gasteiger charge is -2.36. The summed E-state index contributed by atoms with van der Waals surface area (Å²) >= 11 is 0. The predicted octanol–water partition coefficient (Wildman–Crippen LogP) is 0.0895. The van der Waals surface area contributed by atoms with Crippen molar-refractivity contribution in [3.8, 4) is 0 Å². The molecule has 3 aliphatic rings. The normalized spacial score (nSPS) is 22.2. The summed E-state index contributed by atoms with van der Waals surface area (Å²) in [4.78, 5) is 41.2. The molecule has 0 radical (unpaired) electrons. The maximum atomic E-state index is 12.4. The molecule has 0 spiro atoms. The van der Waals surface area contributed by atoms with E-state index in [9.17, 15) is 14.4 Å². The predicted molar refractivity (Wildman–Crippen MR) is 96.4 cm³/mol. The van der Waals surface area contributed by atoms with Crippen LogP contribution in [-0.2, 0) is 14.4 Å². The van der Waals surface area contributed by atoms with E-state index < -0.39 is 11.8 Å².